The third-order valence-corrected chi connectivity index (χ3v) is 9.50. The fraction of sp³-hybridized carbons (Fsp3) is 0. The van der Waals surface area contributed by atoms with E-state index in [0.29, 0.717) is 17.5 Å². The largest absolute Gasteiger partial charge is 0.455 e. The zero-order chi connectivity index (χ0) is 33.7. The molecule has 3 aromatic heterocycles. The number of hydrogen-bond donors (Lipinski definition) is 0. The third-order valence-electron chi connectivity index (χ3n) is 9.50. The maximum absolute atomic E-state index is 6.70. The molecule has 0 saturated heterocycles. The van der Waals surface area contributed by atoms with Crippen molar-refractivity contribution in [2.45, 2.75) is 0 Å². The van der Waals surface area contributed by atoms with Crippen molar-refractivity contribution >= 4 is 43.6 Å². The fourth-order valence-electron chi connectivity index (χ4n) is 7.04. The number of para-hydroxylation sites is 1. The summed E-state index contributed by atoms with van der Waals surface area (Å²) in [5.41, 5.74) is 9.64. The van der Waals surface area contributed by atoms with E-state index in [0.717, 1.165) is 82.7 Å². The molecule has 0 spiro atoms. The molecule has 0 amide bonds. The van der Waals surface area contributed by atoms with Crippen molar-refractivity contribution in [1.29, 1.82) is 0 Å². The van der Waals surface area contributed by atoms with Gasteiger partial charge in [-0.2, -0.15) is 0 Å². The number of hydrogen-bond acceptors (Lipinski definition) is 5. The van der Waals surface area contributed by atoms with Crippen LogP contribution in [0.1, 0.15) is 0 Å². The number of furan rings is 1. The predicted octanol–water partition coefficient (Wildman–Crippen LogP) is 11.8. The van der Waals surface area contributed by atoms with E-state index in [1.165, 1.54) is 0 Å². The summed E-state index contributed by atoms with van der Waals surface area (Å²) in [5.74, 6) is 1.91. The van der Waals surface area contributed by atoms with Gasteiger partial charge in [-0.3, -0.25) is 0 Å². The van der Waals surface area contributed by atoms with E-state index in [-0.39, 0.29) is 0 Å². The predicted molar refractivity (Wildman–Crippen MR) is 207 cm³/mol. The second-order valence-corrected chi connectivity index (χ2v) is 12.6. The molecule has 0 aliphatic heterocycles. The van der Waals surface area contributed by atoms with Crippen LogP contribution in [-0.2, 0) is 0 Å². The van der Waals surface area contributed by atoms with E-state index in [1.54, 1.807) is 0 Å². The molecule has 238 valence electrons. The highest BCUT2D eigenvalue weighted by molar-refractivity contribution is 6.24. The van der Waals surface area contributed by atoms with Crippen molar-refractivity contribution in [3.63, 3.8) is 0 Å². The van der Waals surface area contributed by atoms with Gasteiger partial charge in [0.1, 0.15) is 11.2 Å². The molecular formula is C46H28N4O. The zero-order valence-corrected chi connectivity index (χ0v) is 27.4. The molecule has 0 unspecified atom stereocenters. The van der Waals surface area contributed by atoms with Crippen LogP contribution in [0.2, 0.25) is 0 Å². The highest BCUT2D eigenvalue weighted by atomic mass is 16.3. The Morgan fingerprint density at radius 3 is 1.59 bits per heavy atom. The smallest absolute Gasteiger partial charge is 0.164 e. The molecule has 0 radical (unpaired) electrons. The highest BCUT2D eigenvalue weighted by Gasteiger charge is 2.18. The quantitative estimate of drug-likeness (QED) is 0.173. The minimum Gasteiger partial charge on any atom is -0.455 e. The van der Waals surface area contributed by atoms with Gasteiger partial charge in [-0.05, 0) is 41.5 Å². The molecule has 10 rings (SSSR count). The molecule has 5 nitrogen and oxygen atoms in total. The number of benzene rings is 7. The Labute approximate surface area is 293 Å². The summed E-state index contributed by atoms with van der Waals surface area (Å²) in [4.78, 5) is 19.9. The lowest BCUT2D eigenvalue weighted by Gasteiger charge is -2.10. The van der Waals surface area contributed by atoms with Crippen molar-refractivity contribution in [1.82, 2.24) is 19.9 Å². The Morgan fingerprint density at radius 1 is 0.333 bits per heavy atom. The van der Waals surface area contributed by atoms with E-state index in [1.807, 2.05) is 72.8 Å². The van der Waals surface area contributed by atoms with Gasteiger partial charge in [0, 0.05) is 49.2 Å². The molecule has 0 fully saturated rings. The first-order valence-electron chi connectivity index (χ1n) is 17.0. The summed E-state index contributed by atoms with van der Waals surface area (Å²) in [5, 5.41) is 5.36. The van der Waals surface area contributed by atoms with E-state index < -0.39 is 0 Å². The summed E-state index contributed by atoms with van der Waals surface area (Å²) < 4.78 is 6.70. The van der Waals surface area contributed by atoms with Gasteiger partial charge in [-0.1, -0.05) is 140 Å². The Morgan fingerprint density at radius 2 is 0.882 bits per heavy atom. The normalized spacial score (nSPS) is 11.5. The maximum Gasteiger partial charge on any atom is 0.164 e. The second-order valence-electron chi connectivity index (χ2n) is 12.6. The molecule has 51 heavy (non-hydrogen) atoms. The summed E-state index contributed by atoms with van der Waals surface area (Å²) in [6.07, 6.45) is 0. The van der Waals surface area contributed by atoms with Gasteiger partial charge in [-0.25, -0.2) is 19.9 Å². The molecule has 0 atom stereocenters. The zero-order valence-electron chi connectivity index (χ0n) is 27.4. The van der Waals surface area contributed by atoms with E-state index >= 15 is 0 Å². The summed E-state index contributed by atoms with van der Waals surface area (Å²) in [6, 6.07) is 58.0. The van der Waals surface area contributed by atoms with Gasteiger partial charge < -0.3 is 4.42 Å². The van der Waals surface area contributed by atoms with Crippen molar-refractivity contribution in [3.05, 3.63) is 170 Å². The third kappa shape index (κ3) is 5.03. The topological polar surface area (TPSA) is 64.7 Å². The standard InChI is InChI=1S/C46H28N4O/c1-4-13-29(14-5-1)42-37-25-24-35-38-28-33(23-26-40(38)51-43(35)41(37)36-21-10-11-22-39(36)47-42)32-19-12-20-34(27-32)46-49-44(30-15-6-2-7-16-30)48-45(50-46)31-17-8-3-9-18-31/h1-28H. The Kier molecular flexibility index (Phi) is 6.74. The summed E-state index contributed by atoms with van der Waals surface area (Å²) in [7, 11) is 0. The molecule has 10 aromatic rings. The van der Waals surface area contributed by atoms with Crippen LogP contribution in [0.15, 0.2) is 174 Å². The Bertz CT molecular complexity index is 2840. The lowest BCUT2D eigenvalue weighted by molar-refractivity contribution is 0.673. The minimum atomic E-state index is 0.626. The minimum absolute atomic E-state index is 0.626. The molecule has 0 saturated carbocycles. The van der Waals surface area contributed by atoms with E-state index in [4.69, 9.17) is 24.4 Å². The lowest BCUT2D eigenvalue weighted by atomic mass is 9.97. The van der Waals surface area contributed by atoms with Gasteiger partial charge in [0.2, 0.25) is 0 Å². The van der Waals surface area contributed by atoms with Crippen LogP contribution in [-0.4, -0.2) is 19.9 Å². The van der Waals surface area contributed by atoms with Gasteiger partial charge in [0.25, 0.3) is 0 Å². The number of fused-ring (bicyclic) bond motifs is 7. The van der Waals surface area contributed by atoms with Gasteiger partial charge in [0.05, 0.1) is 11.2 Å². The van der Waals surface area contributed by atoms with Crippen molar-refractivity contribution in [2.75, 3.05) is 0 Å². The number of pyridine rings is 1. The molecule has 7 aromatic carbocycles. The SMILES string of the molecule is c1ccc(-c2nc(-c3ccccc3)nc(-c3cccc(-c4ccc5oc6c(ccc7c(-c8ccccc8)nc8ccccc8c76)c5c4)c3)n2)cc1. The Hall–Kier alpha value is -6.98. The van der Waals surface area contributed by atoms with Crippen molar-refractivity contribution < 1.29 is 4.42 Å². The summed E-state index contributed by atoms with van der Waals surface area (Å²) >= 11 is 0. The molecule has 0 N–H and O–H groups in total. The molecular weight excluding hydrogens is 625 g/mol. The summed E-state index contributed by atoms with van der Waals surface area (Å²) in [6.45, 7) is 0. The van der Waals surface area contributed by atoms with Gasteiger partial charge in [0.15, 0.2) is 17.5 Å². The molecule has 0 aliphatic carbocycles. The van der Waals surface area contributed by atoms with Crippen molar-refractivity contribution in [3.8, 4) is 56.5 Å². The second kappa shape index (κ2) is 11.9. The molecule has 3 heterocycles. The van der Waals surface area contributed by atoms with Crippen LogP contribution in [0.3, 0.4) is 0 Å². The maximum atomic E-state index is 6.70. The van der Waals surface area contributed by atoms with Gasteiger partial charge in [-0.15, -0.1) is 0 Å². The average molecular weight is 653 g/mol. The Balaban J connectivity index is 1.12. The number of nitrogens with zero attached hydrogens (tertiary/aromatic N) is 4. The van der Waals surface area contributed by atoms with Crippen molar-refractivity contribution in [2.24, 2.45) is 0 Å². The van der Waals surface area contributed by atoms with Crippen LogP contribution in [0.25, 0.3) is 100 Å². The lowest BCUT2D eigenvalue weighted by Crippen LogP contribution is -2.00. The van der Waals surface area contributed by atoms with Crippen LogP contribution in [0.5, 0.6) is 0 Å². The average Bonchev–Trinajstić information content (AvgIpc) is 3.59. The monoisotopic (exact) mass is 652 g/mol. The molecule has 0 aliphatic rings. The van der Waals surface area contributed by atoms with E-state index in [9.17, 15) is 0 Å². The first-order chi connectivity index (χ1) is 25.3. The highest BCUT2D eigenvalue weighted by Crippen LogP contribution is 2.41. The van der Waals surface area contributed by atoms with Gasteiger partial charge >= 0.3 is 0 Å². The number of aromatic nitrogens is 4. The van der Waals surface area contributed by atoms with Crippen LogP contribution in [0.4, 0.5) is 0 Å². The van der Waals surface area contributed by atoms with E-state index in [2.05, 4.69) is 97.1 Å². The molecule has 5 heteroatoms. The van der Waals surface area contributed by atoms with Crippen LogP contribution >= 0.6 is 0 Å². The first kappa shape index (κ1) is 29.0. The van der Waals surface area contributed by atoms with Crippen LogP contribution < -0.4 is 0 Å². The first-order valence-corrected chi connectivity index (χ1v) is 17.0. The fourth-order valence-corrected chi connectivity index (χ4v) is 7.04. The molecule has 0 bridgehead atoms. The number of rotatable bonds is 5. The van der Waals surface area contributed by atoms with Crippen LogP contribution in [0, 0.1) is 0 Å².